The van der Waals surface area contributed by atoms with Crippen LogP contribution in [0, 0.1) is 0 Å². The fourth-order valence-corrected chi connectivity index (χ4v) is 3.08. The van der Waals surface area contributed by atoms with Crippen molar-refractivity contribution >= 4 is 29.4 Å². The summed E-state index contributed by atoms with van der Waals surface area (Å²) in [6.45, 7) is 5.24. The SMILES string of the molecule is CCCCCCc1nc2cc(/C=C/C(=O)NO)ccn2c1NCCC(=O)NCC. The molecule has 0 saturated heterocycles. The van der Waals surface area contributed by atoms with E-state index in [1.165, 1.54) is 18.9 Å². The zero-order valence-corrected chi connectivity index (χ0v) is 17.2. The summed E-state index contributed by atoms with van der Waals surface area (Å²) < 4.78 is 1.97. The van der Waals surface area contributed by atoms with Crippen molar-refractivity contribution in [3.63, 3.8) is 0 Å². The Balaban J connectivity index is 2.20. The van der Waals surface area contributed by atoms with Gasteiger partial charge in [0.15, 0.2) is 0 Å². The van der Waals surface area contributed by atoms with Gasteiger partial charge in [-0.15, -0.1) is 0 Å². The molecule has 0 atom stereocenters. The van der Waals surface area contributed by atoms with Crippen LogP contribution in [0.15, 0.2) is 24.4 Å². The topological polar surface area (TPSA) is 108 Å². The van der Waals surface area contributed by atoms with Crippen LogP contribution in [-0.4, -0.2) is 39.5 Å². The van der Waals surface area contributed by atoms with Gasteiger partial charge in [-0.3, -0.25) is 19.2 Å². The van der Waals surface area contributed by atoms with E-state index in [-0.39, 0.29) is 5.91 Å². The molecule has 4 N–H and O–H groups in total. The summed E-state index contributed by atoms with van der Waals surface area (Å²) in [5, 5.41) is 14.8. The lowest BCUT2D eigenvalue weighted by molar-refractivity contribution is -0.124. The monoisotopic (exact) mass is 401 g/mol. The number of unbranched alkanes of at least 4 members (excludes halogenated alkanes) is 3. The van der Waals surface area contributed by atoms with Crippen LogP contribution in [0.4, 0.5) is 5.82 Å². The number of nitrogens with zero attached hydrogens (tertiary/aromatic N) is 2. The number of aryl methyl sites for hydroxylation is 1. The second kappa shape index (κ2) is 11.9. The third-order valence-electron chi connectivity index (χ3n) is 4.55. The number of amides is 2. The van der Waals surface area contributed by atoms with Crippen LogP contribution in [0.3, 0.4) is 0 Å². The molecular weight excluding hydrogens is 370 g/mol. The van der Waals surface area contributed by atoms with Gasteiger partial charge in [-0.05, 0) is 43.5 Å². The quantitative estimate of drug-likeness (QED) is 0.189. The van der Waals surface area contributed by atoms with Crippen molar-refractivity contribution in [3.05, 3.63) is 35.7 Å². The number of hydrogen-bond acceptors (Lipinski definition) is 5. The van der Waals surface area contributed by atoms with Crippen molar-refractivity contribution in [2.75, 3.05) is 18.4 Å². The number of hydrogen-bond donors (Lipinski definition) is 4. The highest BCUT2D eigenvalue weighted by Gasteiger charge is 2.12. The van der Waals surface area contributed by atoms with Crippen molar-refractivity contribution in [1.82, 2.24) is 20.2 Å². The van der Waals surface area contributed by atoms with E-state index in [0.29, 0.717) is 19.5 Å². The Morgan fingerprint density at radius 2 is 2.07 bits per heavy atom. The summed E-state index contributed by atoms with van der Waals surface area (Å²) in [5.41, 5.74) is 4.12. The Labute approximate surface area is 171 Å². The molecule has 8 heteroatoms. The highest BCUT2D eigenvalue weighted by atomic mass is 16.5. The summed E-state index contributed by atoms with van der Waals surface area (Å²) in [6, 6.07) is 3.75. The van der Waals surface area contributed by atoms with Gasteiger partial charge in [0.05, 0.1) is 5.69 Å². The minimum Gasteiger partial charge on any atom is -0.369 e. The van der Waals surface area contributed by atoms with Gasteiger partial charge in [-0.2, -0.15) is 0 Å². The molecule has 2 heterocycles. The maximum Gasteiger partial charge on any atom is 0.267 e. The highest BCUT2D eigenvalue weighted by molar-refractivity contribution is 5.90. The molecule has 0 bridgehead atoms. The maximum atomic E-state index is 11.7. The molecule has 0 spiro atoms. The van der Waals surface area contributed by atoms with Gasteiger partial charge >= 0.3 is 0 Å². The lowest BCUT2D eigenvalue weighted by atomic mass is 10.1. The fourth-order valence-electron chi connectivity index (χ4n) is 3.08. The molecule has 2 aromatic rings. The molecule has 2 rings (SSSR count). The Morgan fingerprint density at radius 1 is 1.24 bits per heavy atom. The highest BCUT2D eigenvalue weighted by Crippen LogP contribution is 2.22. The number of hydroxylamine groups is 1. The molecule has 0 aliphatic carbocycles. The second-order valence-corrected chi connectivity index (χ2v) is 6.85. The van der Waals surface area contributed by atoms with Gasteiger partial charge in [-0.25, -0.2) is 10.5 Å². The molecule has 8 nitrogen and oxygen atoms in total. The zero-order chi connectivity index (χ0) is 21.1. The molecule has 0 radical (unpaired) electrons. The molecule has 29 heavy (non-hydrogen) atoms. The predicted octanol–water partition coefficient (Wildman–Crippen LogP) is 2.91. The molecule has 158 valence electrons. The summed E-state index contributed by atoms with van der Waals surface area (Å²) in [5.74, 6) is 0.342. The number of rotatable bonds is 12. The summed E-state index contributed by atoms with van der Waals surface area (Å²) in [7, 11) is 0. The lowest BCUT2D eigenvalue weighted by Crippen LogP contribution is -2.25. The maximum absolute atomic E-state index is 11.7. The Hall–Kier alpha value is -2.87. The third kappa shape index (κ3) is 6.90. The van der Waals surface area contributed by atoms with E-state index >= 15 is 0 Å². The number of anilines is 1. The number of nitrogens with one attached hydrogen (secondary N) is 3. The van der Waals surface area contributed by atoms with Crippen LogP contribution < -0.4 is 16.1 Å². The van der Waals surface area contributed by atoms with Gasteiger partial charge in [-0.1, -0.05) is 26.2 Å². The van der Waals surface area contributed by atoms with Crippen molar-refractivity contribution in [1.29, 1.82) is 0 Å². The van der Waals surface area contributed by atoms with E-state index in [1.807, 2.05) is 29.7 Å². The third-order valence-corrected chi connectivity index (χ3v) is 4.55. The number of pyridine rings is 1. The van der Waals surface area contributed by atoms with Gasteiger partial charge in [0, 0.05) is 31.8 Å². The molecule has 2 amide bonds. The minimum absolute atomic E-state index is 0.0212. The Morgan fingerprint density at radius 3 is 2.79 bits per heavy atom. The van der Waals surface area contributed by atoms with Crippen LogP contribution >= 0.6 is 0 Å². The molecule has 0 aliphatic rings. The lowest BCUT2D eigenvalue weighted by Gasteiger charge is -2.09. The first-order valence-corrected chi connectivity index (χ1v) is 10.2. The van der Waals surface area contributed by atoms with E-state index in [2.05, 4.69) is 17.6 Å². The van der Waals surface area contributed by atoms with Crippen LogP contribution in [0.25, 0.3) is 11.7 Å². The molecule has 0 aromatic carbocycles. The largest absolute Gasteiger partial charge is 0.369 e. The summed E-state index contributed by atoms with van der Waals surface area (Å²) in [6.07, 6.45) is 10.6. The van der Waals surface area contributed by atoms with Crippen LogP contribution in [0.5, 0.6) is 0 Å². The Bertz CT molecular complexity index is 844. The smallest absolute Gasteiger partial charge is 0.267 e. The molecule has 0 unspecified atom stereocenters. The molecule has 0 saturated carbocycles. The first kappa shape index (κ1) is 22.4. The summed E-state index contributed by atoms with van der Waals surface area (Å²) >= 11 is 0. The zero-order valence-electron chi connectivity index (χ0n) is 17.2. The predicted molar refractivity (Wildman–Crippen MR) is 114 cm³/mol. The average Bonchev–Trinajstić information content (AvgIpc) is 3.06. The van der Waals surface area contributed by atoms with Crippen molar-refractivity contribution in [2.45, 2.75) is 52.4 Å². The van der Waals surface area contributed by atoms with Gasteiger partial charge in [0.25, 0.3) is 5.91 Å². The van der Waals surface area contributed by atoms with Crippen LogP contribution in [0.2, 0.25) is 0 Å². The molecular formula is C21H31N5O3. The number of imidazole rings is 1. The summed E-state index contributed by atoms with van der Waals surface area (Å²) in [4.78, 5) is 27.7. The average molecular weight is 402 g/mol. The molecule has 0 fully saturated rings. The standard InChI is InChI=1S/C21H31N5O3/c1-3-5-6-7-8-17-21(23-13-11-19(27)22-4-2)26-14-12-16(15-18(26)24-17)9-10-20(28)25-29/h9-10,12,14-15,23,29H,3-8,11,13H2,1-2H3,(H,22,27)(H,25,28)/b10-9+. The normalized spacial score (nSPS) is 11.1. The molecule has 2 aromatic heterocycles. The van der Waals surface area contributed by atoms with E-state index in [4.69, 9.17) is 10.2 Å². The molecule has 0 aliphatic heterocycles. The van der Waals surface area contributed by atoms with Crippen molar-refractivity contribution in [3.8, 4) is 0 Å². The van der Waals surface area contributed by atoms with Gasteiger partial charge in [0.2, 0.25) is 5.91 Å². The van der Waals surface area contributed by atoms with Gasteiger partial charge in [0.1, 0.15) is 11.5 Å². The van der Waals surface area contributed by atoms with E-state index in [0.717, 1.165) is 42.0 Å². The number of fused-ring (bicyclic) bond motifs is 1. The van der Waals surface area contributed by atoms with Crippen LogP contribution in [-0.2, 0) is 16.0 Å². The Kier molecular flexibility index (Phi) is 9.17. The van der Waals surface area contributed by atoms with Crippen molar-refractivity contribution in [2.24, 2.45) is 0 Å². The number of aromatic nitrogens is 2. The van der Waals surface area contributed by atoms with E-state index in [9.17, 15) is 9.59 Å². The number of carbonyl (C=O) groups is 2. The van der Waals surface area contributed by atoms with E-state index < -0.39 is 5.91 Å². The van der Waals surface area contributed by atoms with Gasteiger partial charge < -0.3 is 10.6 Å². The fraction of sp³-hybridized carbons (Fsp3) is 0.476. The van der Waals surface area contributed by atoms with Crippen molar-refractivity contribution < 1.29 is 14.8 Å². The van der Waals surface area contributed by atoms with Crippen LogP contribution in [0.1, 0.15) is 57.2 Å². The number of carbonyl (C=O) groups excluding carboxylic acids is 2. The first-order valence-electron chi connectivity index (χ1n) is 10.2. The second-order valence-electron chi connectivity index (χ2n) is 6.85. The van der Waals surface area contributed by atoms with E-state index in [1.54, 1.807) is 11.6 Å². The minimum atomic E-state index is -0.586. The first-order chi connectivity index (χ1) is 14.1.